The lowest BCUT2D eigenvalue weighted by molar-refractivity contribution is -0.113. The first-order chi connectivity index (χ1) is 12.0. The molecule has 1 aliphatic carbocycles. The molecule has 0 fully saturated rings. The zero-order valence-electron chi connectivity index (χ0n) is 13.3. The minimum absolute atomic E-state index is 0.102. The van der Waals surface area contributed by atoms with E-state index >= 15 is 0 Å². The Hall–Kier alpha value is -2.36. The second-order valence-corrected chi connectivity index (χ2v) is 6.46. The standard InChI is InChI=1S/C20H15Cl2NO2/c21-17-5-2-6-18(22)19(17)20(25)23-12-13-7-9-14(10-8-13)15-3-1-4-16(24)11-15/h1-3,5-11H,4,12H2,(H,23,25). The van der Waals surface area contributed by atoms with Crippen molar-refractivity contribution >= 4 is 40.5 Å². The quantitative estimate of drug-likeness (QED) is 0.835. The lowest BCUT2D eigenvalue weighted by atomic mass is 9.98. The van der Waals surface area contributed by atoms with Gasteiger partial charge >= 0.3 is 0 Å². The van der Waals surface area contributed by atoms with E-state index in [1.165, 1.54) is 0 Å². The van der Waals surface area contributed by atoms with Crippen molar-refractivity contribution in [3.63, 3.8) is 0 Å². The molecule has 0 bridgehead atoms. The fraction of sp³-hybridized carbons (Fsp3) is 0.100. The Balaban J connectivity index is 1.67. The van der Waals surface area contributed by atoms with E-state index in [0.29, 0.717) is 23.0 Å². The average Bonchev–Trinajstić information content (AvgIpc) is 2.60. The second kappa shape index (κ2) is 7.68. The van der Waals surface area contributed by atoms with Crippen molar-refractivity contribution in [2.24, 2.45) is 0 Å². The maximum Gasteiger partial charge on any atom is 0.254 e. The van der Waals surface area contributed by atoms with E-state index in [2.05, 4.69) is 5.32 Å². The topological polar surface area (TPSA) is 46.2 Å². The van der Waals surface area contributed by atoms with Crippen LogP contribution in [0.25, 0.3) is 5.57 Å². The maximum atomic E-state index is 12.3. The first kappa shape index (κ1) is 17.5. The van der Waals surface area contributed by atoms with Gasteiger partial charge < -0.3 is 5.32 Å². The normalized spacial score (nSPS) is 13.5. The molecular formula is C20H15Cl2NO2. The predicted octanol–water partition coefficient (Wildman–Crippen LogP) is 4.84. The summed E-state index contributed by atoms with van der Waals surface area (Å²) in [4.78, 5) is 23.8. The third-order valence-corrected chi connectivity index (χ3v) is 4.49. The molecule has 0 radical (unpaired) electrons. The summed E-state index contributed by atoms with van der Waals surface area (Å²) in [6, 6.07) is 12.6. The van der Waals surface area contributed by atoms with Crippen LogP contribution < -0.4 is 5.32 Å². The number of ketones is 1. The second-order valence-electron chi connectivity index (χ2n) is 5.65. The van der Waals surface area contributed by atoms with Gasteiger partial charge in [0, 0.05) is 13.0 Å². The maximum absolute atomic E-state index is 12.3. The van der Waals surface area contributed by atoms with E-state index in [1.54, 1.807) is 24.3 Å². The Morgan fingerprint density at radius 2 is 1.72 bits per heavy atom. The molecule has 0 saturated heterocycles. The molecule has 3 nitrogen and oxygen atoms in total. The summed E-state index contributed by atoms with van der Waals surface area (Å²) in [5, 5.41) is 3.45. The van der Waals surface area contributed by atoms with E-state index in [4.69, 9.17) is 23.2 Å². The number of hydrogen-bond donors (Lipinski definition) is 1. The van der Waals surface area contributed by atoms with Gasteiger partial charge in [0.05, 0.1) is 15.6 Å². The number of nitrogens with one attached hydrogen (secondary N) is 1. The molecule has 0 unspecified atom stereocenters. The van der Waals surface area contributed by atoms with Gasteiger partial charge in [0.15, 0.2) is 5.78 Å². The van der Waals surface area contributed by atoms with Crippen LogP contribution in [0.5, 0.6) is 0 Å². The first-order valence-electron chi connectivity index (χ1n) is 7.77. The molecule has 0 spiro atoms. The molecule has 2 aromatic carbocycles. The van der Waals surface area contributed by atoms with Crippen molar-refractivity contribution in [1.29, 1.82) is 0 Å². The van der Waals surface area contributed by atoms with Gasteiger partial charge in [-0.05, 0) is 34.9 Å². The summed E-state index contributed by atoms with van der Waals surface area (Å²) in [6.07, 6.45) is 5.91. The van der Waals surface area contributed by atoms with Gasteiger partial charge in [0.1, 0.15) is 0 Å². The smallest absolute Gasteiger partial charge is 0.254 e. The number of hydrogen-bond acceptors (Lipinski definition) is 2. The Bertz CT molecular complexity index is 863. The molecule has 0 aliphatic heterocycles. The van der Waals surface area contributed by atoms with E-state index < -0.39 is 0 Å². The van der Waals surface area contributed by atoms with E-state index in [0.717, 1.165) is 16.7 Å². The minimum atomic E-state index is -0.316. The number of allylic oxidation sites excluding steroid dienone is 4. The van der Waals surface area contributed by atoms with Crippen LogP contribution in [0.2, 0.25) is 10.0 Å². The Morgan fingerprint density at radius 3 is 2.36 bits per heavy atom. The summed E-state index contributed by atoms with van der Waals surface area (Å²) in [7, 11) is 0. The van der Waals surface area contributed by atoms with Crippen LogP contribution in [-0.4, -0.2) is 11.7 Å². The fourth-order valence-corrected chi connectivity index (χ4v) is 3.13. The molecule has 3 rings (SSSR count). The molecule has 1 aliphatic rings. The third-order valence-electron chi connectivity index (χ3n) is 3.86. The molecule has 1 N–H and O–H groups in total. The Kier molecular flexibility index (Phi) is 5.37. The molecule has 0 aromatic heterocycles. The van der Waals surface area contributed by atoms with Crippen molar-refractivity contribution in [2.45, 2.75) is 13.0 Å². The van der Waals surface area contributed by atoms with Crippen LogP contribution in [0, 0.1) is 0 Å². The number of carbonyl (C=O) groups excluding carboxylic acids is 2. The molecule has 0 saturated carbocycles. The van der Waals surface area contributed by atoms with Crippen LogP contribution >= 0.6 is 23.2 Å². The molecule has 5 heteroatoms. The first-order valence-corrected chi connectivity index (χ1v) is 8.53. The van der Waals surface area contributed by atoms with Gasteiger partial charge in [-0.2, -0.15) is 0 Å². The largest absolute Gasteiger partial charge is 0.348 e. The molecular weight excluding hydrogens is 357 g/mol. The van der Waals surface area contributed by atoms with E-state index in [-0.39, 0.29) is 17.3 Å². The van der Waals surface area contributed by atoms with Crippen LogP contribution in [0.4, 0.5) is 0 Å². The SMILES string of the molecule is O=C1C=C(c2ccc(CNC(=O)c3c(Cl)cccc3Cl)cc2)C=CC1. The third kappa shape index (κ3) is 4.19. The molecule has 0 heterocycles. The van der Waals surface area contributed by atoms with Gasteiger partial charge in [-0.1, -0.05) is 65.7 Å². The Labute approximate surface area is 156 Å². The number of halogens is 2. The lowest BCUT2D eigenvalue weighted by Crippen LogP contribution is -2.23. The molecule has 2 aromatic rings. The summed E-state index contributed by atoms with van der Waals surface area (Å²) < 4.78 is 0. The number of rotatable bonds is 4. The van der Waals surface area contributed by atoms with Crippen LogP contribution in [-0.2, 0) is 11.3 Å². The van der Waals surface area contributed by atoms with Gasteiger partial charge in [-0.3, -0.25) is 9.59 Å². The summed E-state index contributed by atoms with van der Waals surface area (Å²) in [5.74, 6) is -0.214. The highest BCUT2D eigenvalue weighted by atomic mass is 35.5. The van der Waals surface area contributed by atoms with Crippen molar-refractivity contribution in [1.82, 2.24) is 5.32 Å². The highest BCUT2D eigenvalue weighted by molar-refractivity contribution is 6.39. The van der Waals surface area contributed by atoms with Crippen molar-refractivity contribution in [3.05, 3.63) is 87.4 Å². The molecule has 126 valence electrons. The zero-order valence-corrected chi connectivity index (χ0v) is 14.8. The minimum Gasteiger partial charge on any atom is -0.348 e. The molecule has 1 amide bonds. The van der Waals surface area contributed by atoms with Crippen LogP contribution in [0.15, 0.2) is 60.7 Å². The Morgan fingerprint density at radius 1 is 1.04 bits per heavy atom. The van der Waals surface area contributed by atoms with Crippen LogP contribution in [0.3, 0.4) is 0 Å². The van der Waals surface area contributed by atoms with Gasteiger partial charge in [-0.25, -0.2) is 0 Å². The summed E-state index contributed by atoms with van der Waals surface area (Å²) in [6.45, 7) is 0.356. The number of carbonyl (C=O) groups is 2. The monoisotopic (exact) mass is 371 g/mol. The average molecular weight is 372 g/mol. The fourth-order valence-electron chi connectivity index (χ4n) is 2.56. The summed E-state index contributed by atoms with van der Waals surface area (Å²) >= 11 is 12.1. The van der Waals surface area contributed by atoms with Crippen molar-refractivity contribution < 1.29 is 9.59 Å². The highest BCUT2D eigenvalue weighted by Gasteiger charge is 2.14. The zero-order chi connectivity index (χ0) is 17.8. The molecule has 25 heavy (non-hydrogen) atoms. The van der Waals surface area contributed by atoms with Crippen LogP contribution in [0.1, 0.15) is 27.9 Å². The van der Waals surface area contributed by atoms with E-state index in [1.807, 2.05) is 36.4 Å². The van der Waals surface area contributed by atoms with Crippen molar-refractivity contribution in [3.8, 4) is 0 Å². The summed E-state index contributed by atoms with van der Waals surface area (Å²) in [5.41, 5.74) is 3.08. The van der Waals surface area contributed by atoms with Gasteiger partial charge in [0.2, 0.25) is 0 Å². The highest BCUT2D eigenvalue weighted by Crippen LogP contribution is 2.24. The lowest BCUT2D eigenvalue weighted by Gasteiger charge is -2.10. The van der Waals surface area contributed by atoms with Gasteiger partial charge in [-0.15, -0.1) is 0 Å². The van der Waals surface area contributed by atoms with Gasteiger partial charge in [0.25, 0.3) is 5.91 Å². The number of amides is 1. The predicted molar refractivity (Wildman–Crippen MR) is 101 cm³/mol. The van der Waals surface area contributed by atoms with Crippen molar-refractivity contribution in [2.75, 3.05) is 0 Å². The van der Waals surface area contributed by atoms with E-state index in [9.17, 15) is 9.59 Å². The molecule has 0 atom stereocenters. The number of benzene rings is 2.